The highest BCUT2D eigenvalue weighted by molar-refractivity contribution is 7.89. The van der Waals surface area contributed by atoms with Crippen LogP contribution in [0.4, 0.5) is 0 Å². The van der Waals surface area contributed by atoms with Gasteiger partial charge in [-0.15, -0.1) is 5.10 Å². The van der Waals surface area contributed by atoms with Crippen molar-refractivity contribution in [2.24, 2.45) is 5.92 Å². The van der Waals surface area contributed by atoms with Crippen LogP contribution in [0.1, 0.15) is 51.6 Å². The Hall–Kier alpha value is -2.72. The maximum Gasteiger partial charge on any atom is 0.277 e. The number of rotatable bonds is 7. The predicted octanol–water partition coefficient (Wildman–Crippen LogP) is 3.16. The van der Waals surface area contributed by atoms with Gasteiger partial charge in [0.05, 0.1) is 22.8 Å². The van der Waals surface area contributed by atoms with Crippen molar-refractivity contribution in [2.45, 2.75) is 58.3 Å². The molecule has 1 N–H and O–H groups in total. The number of benzene rings is 1. The Morgan fingerprint density at radius 1 is 1.21 bits per heavy atom. The second-order valence-electron chi connectivity index (χ2n) is 8.60. The largest absolute Gasteiger partial charge is 0.493 e. The minimum absolute atomic E-state index is 0.161. The number of imidazole rings is 1. The summed E-state index contributed by atoms with van der Waals surface area (Å²) in [5.74, 6) is 1.92. The van der Waals surface area contributed by atoms with Gasteiger partial charge in [0.1, 0.15) is 11.6 Å². The summed E-state index contributed by atoms with van der Waals surface area (Å²) in [7, 11) is -3.67. The zero-order valence-corrected chi connectivity index (χ0v) is 20.4. The summed E-state index contributed by atoms with van der Waals surface area (Å²) in [6.45, 7) is 9.20. The number of ether oxygens (including phenoxy) is 1. The van der Waals surface area contributed by atoms with Gasteiger partial charge < -0.3 is 9.72 Å². The van der Waals surface area contributed by atoms with Crippen LogP contribution in [0.3, 0.4) is 0 Å². The number of hydrogen-bond acceptors (Lipinski definition) is 6. The number of H-pyrrole nitrogens is 1. The van der Waals surface area contributed by atoms with Gasteiger partial charge in [-0.1, -0.05) is 13.8 Å². The van der Waals surface area contributed by atoms with Crippen molar-refractivity contribution in [2.75, 3.05) is 19.7 Å². The molecule has 0 radical (unpaired) electrons. The quantitative estimate of drug-likeness (QED) is 0.564. The van der Waals surface area contributed by atoms with E-state index in [9.17, 15) is 13.2 Å². The second-order valence-corrected chi connectivity index (χ2v) is 10.5. The van der Waals surface area contributed by atoms with E-state index >= 15 is 0 Å². The first-order chi connectivity index (χ1) is 15.8. The average Bonchev–Trinajstić information content (AvgIpc) is 3.10. The number of aromatic amines is 1. The zero-order chi connectivity index (χ0) is 23.8. The van der Waals surface area contributed by atoms with Crippen LogP contribution < -0.4 is 10.3 Å². The number of nitrogens with zero attached hydrogens (tertiary/aromatic N) is 4. The van der Waals surface area contributed by atoms with Gasteiger partial charge in [-0.25, -0.2) is 17.9 Å². The van der Waals surface area contributed by atoms with Crippen LogP contribution in [0, 0.1) is 12.8 Å². The van der Waals surface area contributed by atoms with E-state index in [0.717, 1.165) is 19.3 Å². The second kappa shape index (κ2) is 9.26. The Morgan fingerprint density at radius 2 is 1.94 bits per heavy atom. The molecule has 33 heavy (non-hydrogen) atoms. The van der Waals surface area contributed by atoms with Gasteiger partial charge in [0, 0.05) is 19.5 Å². The molecule has 0 saturated carbocycles. The molecule has 0 aliphatic carbocycles. The van der Waals surface area contributed by atoms with E-state index in [2.05, 4.69) is 22.0 Å². The van der Waals surface area contributed by atoms with Gasteiger partial charge >= 0.3 is 0 Å². The Kier molecular flexibility index (Phi) is 6.58. The minimum Gasteiger partial charge on any atom is -0.493 e. The molecule has 4 rings (SSSR count). The lowest BCUT2D eigenvalue weighted by atomic mass is 10.0. The average molecular weight is 474 g/mol. The fourth-order valence-corrected chi connectivity index (χ4v) is 5.75. The number of piperidine rings is 1. The number of aryl methyl sites for hydroxylation is 2. The molecule has 9 nitrogen and oxygen atoms in total. The van der Waals surface area contributed by atoms with Crippen LogP contribution in [0.15, 0.2) is 27.9 Å². The van der Waals surface area contributed by atoms with Crippen LogP contribution >= 0.6 is 0 Å². The molecule has 2 aromatic heterocycles. The summed E-state index contributed by atoms with van der Waals surface area (Å²) < 4.78 is 35.5. The first-order valence-corrected chi connectivity index (χ1v) is 13.0. The summed E-state index contributed by atoms with van der Waals surface area (Å²) in [6.07, 6.45) is 3.21. The van der Waals surface area contributed by atoms with Crippen LogP contribution in [-0.4, -0.2) is 52.0 Å². The molecule has 178 valence electrons. The van der Waals surface area contributed by atoms with Gasteiger partial charge in [0.2, 0.25) is 10.0 Å². The number of fused-ring (bicyclic) bond motifs is 1. The number of hydrogen-bond donors (Lipinski definition) is 1. The Bertz CT molecular complexity index is 1320. The number of nitrogens with one attached hydrogen (secondary N) is 1. The molecule has 1 aromatic carbocycles. The third-order valence-electron chi connectivity index (χ3n) is 6.10. The van der Waals surface area contributed by atoms with Crippen molar-refractivity contribution in [3.63, 3.8) is 0 Å². The van der Waals surface area contributed by atoms with E-state index in [0.29, 0.717) is 60.4 Å². The van der Waals surface area contributed by atoms with Crippen molar-refractivity contribution in [3.8, 4) is 17.1 Å². The van der Waals surface area contributed by atoms with Crippen molar-refractivity contribution < 1.29 is 13.2 Å². The summed E-state index contributed by atoms with van der Waals surface area (Å²) in [4.78, 5) is 20.4. The van der Waals surface area contributed by atoms with Crippen molar-refractivity contribution in [3.05, 3.63) is 40.1 Å². The van der Waals surface area contributed by atoms with Gasteiger partial charge in [-0.3, -0.25) is 4.79 Å². The summed E-state index contributed by atoms with van der Waals surface area (Å²) in [5.41, 5.74) is 1.11. The normalized spacial score (nSPS) is 15.9. The fourth-order valence-electron chi connectivity index (χ4n) is 4.25. The zero-order valence-electron chi connectivity index (χ0n) is 19.6. The summed E-state index contributed by atoms with van der Waals surface area (Å²) >= 11 is 0. The molecule has 0 amide bonds. The maximum atomic E-state index is 13.3. The lowest BCUT2D eigenvalue weighted by molar-refractivity contribution is 0.288. The van der Waals surface area contributed by atoms with Crippen LogP contribution in [0.2, 0.25) is 0 Å². The van der Waals surface area contributed by atoms with Crippen LogP contribution in [-0.2, 0) is 16.4 Å². The molecule has 0 bridgehead atoms. The van der Waals surface area contributed by atoms with E-state index < -0.39 is 10.0 Å². The van der Waals surface area contributed by atoms with E-state index in [1.54, 1.807) is 29.6 Å². The number of aromatic nitrogens is 4. The molecule has 0 atom stereocenters. The highest BCUT2D eigenvalue weighted by atomic mass is 32.2. The summed E-state index contributed by atoms with van der Waals surface area (Å²) in [6, 6.07) is 4.74. The fraction of sp³-hybridized carbons (Fsp3) is 0.522. The summed E-state index contributed by atoms with van der Waals surface area (Å²) in [5, 5.41) is 4.64. The number of sulfonamides is 1. The van der Waals surface area contributed by atoms with Gasteiger partial charge in [0.25, 0.3) is 5.56 Å². The monoisotopic (exact) mass is 473 g/mol. The van der Waals surface area contributed by atoms with Crippen LogP contribution in [0.25, 0.3) is 16.9 Å². The lowest BCUT2D eigenvalue weighted by Crippen LogP contribution is -2.37. The third-order valence-corrected chi connectivity index (χ3v) is 8.00. The molecular formula is C23H31N5O4S. The van der Waals surface area contributed by atoms with Crippen molar-refractivity contribution in [1.82, 2.24) is 23.9 Å². The molecule has 3 heterocycles. The molecule has 1 aliphatic heterocycles. The van der Waals surface area contributed by atoms with Crippen molar-refractivity contribution in [1.29, 1.82) is 0 Å². The molecular weight excluding hydrogens is 442 g/mol. The minimum atomic E-state index is -3.67. The van der Waals surface area contributed by atoms with Crippen LogP contribution in [0.5, 0.6) is 5.75 Å². The van der Waals surface area contributed by atoms with Gasteiger partial charge in [0.15, 0.2) is 11.3 Å². The van der Waals surface area contributed by atoms with E-state index in [1.807, 2.05) is 13.8 Å². The molecule has 0 spiro atoms. The molecule has 0 unspecified atom stereocenters. The molecule has 1 saturated heterocycles. The van der Waals surface area contributed by atoms with Crippen molar-refractivity contribution >= 4 is 15.5 Å². The first kappa shape index (κ1) is 23.4. The van der Waals surface area contributed by atoms with Gasteiger partial charge in [-0.2, -0.15) is 4.31 Å². The predicted molar refractivity (Wildman–Crippen MR) is 126 cm³/mol. The topological polar surface area (TPSA) is 110 Å². The Balaban J connectivity index is 1.85. The van der Waals surface area contributed by atoms with Gasteiger partial charge in [-0.05, 0) is 57.2 Å². The first-order valence-electron chi connectivity index (χ1n) is 11.5. The Labute approximate surface area is 193 Å². The SMILES string of the molecule is CCCc1nc(C)c2c(=O)[nH]c(-c3cc(S(=O)(=O)N4CCC(C)CC4)ccc3OCC)nn12. The highest BCUT2D eigenvalue weighted by Gasteiger charge is 2.29. The van der Waals surface area contributed by atoms with E-state index in [-0.39, 0.29) is 16.3 Å². The Morgan fingerprint density at radius 3 is 2.61 bits per heavy atom. The highest BCUT2D eigenvalue weighted by Crippen LogP contribution is 2.32. The maximum absolute atomic E-state index is 13.3. The molecule has 10 heteroatoms. The van der Waals surface area contributed by atoms with E-state index in [4.69, 9.17) is 4.74 Å². The molecule has 1 aliphatic rings. The molecule has 1 fully saturated rings. The molecule has 3 aromatic rings. The lowest BCUT2D eigenvalue weighted by Gasteiger charge is -2.29. The van der Waals surface area contributed by atoms with E-state index in [1.165, 1.54) is 4.31 Å². The smallest absolute Gasteiger partial charge is 0.277 e. The third kappa shape index (κ3) is 4.41. The standard InChI is InChI=1S/C23H31N5O4S/c1-5-7-20-24-16(4)21-23(29)25-22(26-28(20)21)18-14-17(8-9-19(18)32-6-2)33(30,31)27-12-10-15(3)11-13-27/h8-9,14-15H,5-7,10-13H2,1-4H3,(H,25,26,29).